The Labute approximate surface area is 81.9 Å². The molecule has 0 saturated carbocycles. The van der Waals surface area contributed by atoms with Gasteiger partial charge in [0.15, 0.2) is 0 Å². The van der Waals surface area contributed by atoms with Gasteiger partial charge in [0.2, 0.25) is 5.91 Å². The predicted molar refractivity (Wildman–Crippen MR) is 55.8 cm³/mol. The topological polar surface area (TPSA) is 55.1 Å². The fraction of sp³-hybridized carbons (Fsp3) is 0.444. The first-order valence-electron chi connectivity index (χ1n) is 4.10. The van der Waals surface area contributed by atoms with Crippen LogP contribution in [0.15, 0.2) is 16.8 Å². The molecule has 72 valence electrons. The van der Waals surface area contributed by atoms with Gasteiger partial charge in [-0.1, -0.05) is 0 Å². The molecule has 13 heavy (non-hydrogen) atoms. The smallest absolute Gasteiger partial charge is 0.231 e. The molecule has 1 heterocycles. The maximum atomic E-state index is 11.6. The van der Waals surface area contributed by atoms with Gasteiger partial charge in [0, 0.05) is 11.9 Å². The Morgan fingerprint density at radius 2 is 2.38 bits per heavy atom. The Morgan fingerprint density at radius 1 is 1.69 bits per heavy atom. The monoisotopic (exact) mass is 198 g/mol. The summed E-state index contributed by atoms with van der Waals surface area (Å²) in [6, 6.07) is 1.87. The number of rotatable bonds is 3. The summed E-state index contributed by atoms with van der Waals surface area (Å²) in [5.74, 6) is -0.0339. The molecule has 1 aromatic rings. The van der Waals surface area contributed by atoms with Gasteiger partial charge in [-0.25, -0.2) is 0 Å². The first kappa shape index (κ1) is 10.2. The summed E-state index contributed by atoms with van der Waals surface area (Å²) < 4.78 is 0. The van der Waals surface area contributed by atoms with E-state index in [4.69, 9.17) is 5.73 Å². The van der Waals surface area contributed by atoms with Crippen LogP contribution >= 0.6 is 11.3 Å². The minimum Gasteiger partial charge on any atom is -0.329 e. The second-order valence-electron chi connectivity index (χ2n) is 3.55. The van der Waals surface area contributed by atoms with Crippen LogP contribution in [0.4, 0.5) is 5.69 Å². The molecule has 4 heteroatoms. The number of hydrogen-bond acceptors (Lipinski definition) is 3. The zero-order valence-electron chi connectivity index (χ0n) is 7.83. The maximum Gasteiger partial charge on any atom is 0.231 e. The highest BCUT2D eigenvalue weighted by Crippen LogP contribution is 2.18. The quantitative estimate of drug-likeness (QED) is 0.776. The van der Waals surface area contributed by atoms with Crippen LogP contribution in [-0.4, -0.2) is 12.5 Å². The number of anilines is 1. The van der Waals surface area contributed by atoms with Crippen LogP contribution in [0.25, 0.3) is 0 Å². The Balaban J connectivity index is 2.61. The van der Waals surface area contributed by atoms with Gasteiger partial charge in [-0.3, -0.25) is 4.79 Å². The van der Waals surface area contributed by atoms with Gasteiger partial charge in [-0.05, 0) is 25.3 Å². The maximum absolute atomic E-state index is 11.6. The second-order valence-corrected chi connectivity index (χ2v) is 4.33. The van der Waals surface area contributed by atoms with Gasteiger partial charge in [-0.15, -0.1) is 0 Å². The van der Waals surface area contributed by atoms with Crippen molar-refractivity contribution in [1.82, 2.24) is 0 Å². The molecule has 0 atom stereocenters. The zero-order valence-corrected chi connectivity index (χ0v) is 8.65. The lowest BCUT2D eigenvalue weighted by Gasteiger charge is -2.20. The molecule has 1 rings (SSSR count). The lowest BCUT2D eigenvalue weighted by Crippen LogP contribution is -2.37. The van der Waals surface area contributed by atoms with Crippen molar-refractivity contribution in [3.8, 4) is 0 Å². The summed E-state index contributed by atoms with van der Waals surface area (Å²) in [6.45, 7) is 4.01. The van der Waals surface area contributed by atoms with Crippen molar-refractivity contribution < 1.29 is 4.79 Å². The molecular formula is C9H14N2OS. The van der Waals surface area contributed by atoms with Crippen molar-refractivity contribution in [3.63, 3.8) is 0 Å². The highest BCUT2D eigenvalue weighted by molar-refractivity contribution is 7.08. The third-order valence-electron chi connectivity index (χ3n) is 1.90. The summed E-state index contributed by atoms with van der Waals surface area (Å²) in [5.41, 5.74) is 5.82. The fourth-order valence-electron chi connectivity index (χ4n) is 0.729. The third kappa shape index (κ3) is 2.54. The zero-order chi connectivity index (χ0) is 9.90. The van der Waals surface area contributed by atoms with Crippen molar-refractivity contribution in [1.29, 1.82) is 0 Å². The van der Waals surface area contributed by atoms with E-state index in [1.807, 2.05) is 30.7 Å². The Kier molecular flexibility index (Phi) is 3.06. The predicted octanol–water partition coefficient (Wildman–Crippen LogP) is 1.67. The van der Waals surface area contributed by atoms with Crippen LogP contribution in [0.2, 0.25) is 0 Å². The van der Waals surface area contributed by atoms with Gasteiger partial charge < -0.3 is 11.1 Å². The lowest BCUT2D eigenvalue weighted by molar-refractivity contribution is -0.123. The molecule has 3 N–H and O–H groups in total. The number of carbonyl (C=O) groups is 1. The largest absolute Gasteiger partial charge is 0.329 e. The molecule has 0 saturated heterocycles. The first-order chi connectivity index (χ1) is 6.06. The van der Waals surface area contributed by atoms with Gasteiger partial charge in [-0.2, -0.15) is 11.3 Å². The summed E-state index contributed by atoms with van der Waals surface area (Å²) in [4.78, 5) is 11.6. The van der Waals surface area contributed by atoms with E-state index in [9.17, 15) is 4.79 Å². The molecule has 0 aliphatic carbocycles. The number of thiophene rings is 1. The van der Waals surface area contributed by atoms with Crippen LogP contribution in [0.3, 0.4) is 0 Å². The average molecular weight is 198 g/mol. The van der Waals surface area contributed by atoms with E-state index in [1.165, 1.54) is 0 Å². The minimum absolute atomic E-state index is 0.0339. The van der Waals surface area contributed by atoms with Crippen LogP contribution in [0, 0.1) is 5.41 Å². The second kappa shape index (κ2) is 3.89. The van der Waals surface area contributed by atoms with Gasteiger partial charge in [0.1, 0.15) is 0 Å². The van der Waals surface area contributed by atoms with Crippen LogP contribution in [-0.2, 0) is 4.79 Å². The van der Waals surface area contributed by atoms with Crippen molar-refractivity contribution in [2.45, 2.75) is 13.8 Å². The SMILES string of the molecule is CC(C)(CN)C(=O)Nc1ccsc1. The number of amides is 1. The van der Waals surface area contributed by atoms with Crippen LogP contribution < -0.4 is 11.1 Å². The Bertz CT molecular complexity index is 280. The van der Waals surface area contributed by atoms with Crippen molar-refractivity contribution in [3.05, 3.63) is 16.8 Å². The minimum atomic E-state index is -0.498. The molecule has 0 bridgehead atoms. The van der Waals surface area contributed by atoms with Crippen LogP contribution in [0.5, 0.6) is 0 Å². The van der Waals surface area contributed by atoms with E-state index in [-0.39, 0.29) is 5.91 Å². The van der Waals surface area contributed by atoms with E-state index in [2.05, 4.69) is 5.32 Å². The summed E-state index contributed by atoms with van der Waals surface area (Å²) in [7, 11) is 0. The molecule has 0 spiro atoms. The molecule has 0 unspecified atom stereocenters. The van der Waals surface area contributed by atoms with Crippen molar-refractivity contribution in [2.24, 2.45) is 11.1 Å². The van der Waals surface area contributed by atoms with E-state index < -0.39 is 5.41 Å². The Morgan fingerprint density at radius 3 is 2.85 bits per heavy atom. The summed E-state index contributed by atoms with van der Waals surface area (Å²) >= 11 is 1.55. The normalized spacial score (nSPS) is 11.3. The van der Waals surface area contributed by atoms with E-state index in [0.717, 1.165) is 5.69 Å². The van der Waals surface area contributed by atoms with Crippen molar-refractivity contribution in [2.75, 3.05) is 11.9 Å². The molecule has 1 amide bonds. The highest BCUT2D eigenvalue weighted by Gasteiger charge is 2.25. The van der Waals surface area contributed by atoms with Crippen molar-refractivity contribution >= 4 is 22.9 Å². The summed E-state index contributed by atoms with van der Waals surface area (Å²) in [5, 5.41) is 6.62. The van der Waals surface area contributed by atoms with E-state index >= 15 is 0 Å². The highest BCUT2D eigenvalue weighted by atomic mass is 32.1. The number of nitrogens with two attached hydrogens (primary N) is 1. The fourth-order valence-corrected chi connectivity index (χ4v) is 1.32. The average Bonchev–Trinajstić information content (AvgIpc) is 2.57. The molecule has 0 radical (unpaired) electrons. The first-order valence-corrected chi connectivity index (χ1v) is 5.04. The molecule has 0 aliphatic rings. The standard InChI is InChI=1S/C9H14N2OS/c1-9(2,6-10)8(12)11-7-3-4-13-5-7/h3-5H,6,10H2,1-2H3,(H,11,12). The molecular weight excluding hydrogens is 184 g/mol. The number of nitrogens with one attached hydrogen (secondary N) is 1. The van der Waals surface area contributed by atoms with Crippen LogP contribution in [0.1, 0.15) is 13.8 Å². The molecule has 0 aromatic carbocycles. The van der Waals surface area contributed by atoms with Gasteiger partial charge in [0.25, 0.3) is 0 Å². The van der Waals surface area contributed by atoms with Gasteiger partial charge in [0.05, 0.1) is 11.1 Å². The number of carbonyl (C=O) groups excluding carboxylic acids is 1. The third-order valence-corrected chi connectivity index (χ3v) is 2.59. The molecule has 0 fully saturated rings. The van der Waals surface area contributed by atoms with Gasteiger partial charge >= 0.3 is 0 Å². The van der Waals surface area contributed by atoms with E-state index in [0.29, 0.717) is 6.54 Å². The molecule has 1 aromatic heterocycles. The Hall–Kier alpha value is -0.870. The van der Waals surface area contributed by atoms with E-state index in [1.54, 1.807) is 11.3 Å². The molecule has 0 aliphatic heterocycles. The molecule has 3 nitrogen and oxygen atoms in total. The number of hydrogen-bond donors (Lipinski definition) is 2. The lowest BCUT2D eigenvalue weighted by atomic mass is 9.93. The summed E-state index contributed by atoms with van der Waals surface area (Å²) in [6.07, 6.45) is 0.